The van der Waals surface area contributed by atoms with Crippen molar-refractivity contribution in [3.05, 3.63) is 0 Å². The molecule has 2 atom stereocenters. The third-order valence-corrected chi connectivity index (χ3v) is 4.61. The summed E-state index contributed by atoms with van der Waals surface area (Å²) in [5, 5.41) is 8.30. The van der Waals surface area contributed by atoms with E-state index in [1.54, 1.807) is 0 Å². The third kappa shape index (κ3) is 6.81. The van der Waals surface area contributed by atoms with Crippen molar-refractivity contribution >= 4 is 29.1 Å². The highest BCUT2D eigenvalue weighted by atomic mass is 32.2. The first-order valence-electron chi connectivity index (χ1n) is 6.91. The molecule has 0 aromatic heterocycles. The number of ether oxygens (including phenoxy) is 1. The molecule has 5 heteroatoms. The van der Waals surface area contributed by atoms with Crippen LogP contribution in [0.4, 0.5) is 0 Å². The van der Waals surface area contributed by atoms with Crippen molar-refractivity contribution in [1.29, 1.82) is 0 Å². The lowest BCUT2D eigenvalue weighted by molar-refractivity contribution is 0.145. The quantitative estimate of drug-likeness (QED) is 0.556. The predicted molar refractivity (Wildman–Crippen MR) is 84.4 cm³/mol. The molecule has 0 aromatic carbocycles. The maximum atomic E-state index is 5.32. The van der Waals surface area contributed by atoms with E-state index >= 15 is 0 Å². The van der Waals surface area contributed by atoms with Crippen molar-refractivity contribution in [2.24, 2.45) is 0 Å². The van der Waals surface area contributed by atoms with Gasteiger partial charge in [0.25, 0.3) is 0 Å². The van der Waals surface area contributed by atoms with E-state index in [4.69, 9.17) is 17.0 Å². The predicted octanol–water partition coefficient (Wildman–Crippen LogP) is 2.55. The minimum absolute atomic E-state index is 0.558. The van der Waals surface area contributed by atoms with Gasteiger partial charge in [0.15, 0.2) is 5.11 Å². The Morgan fingerprint density at radius 3 is 3.00 bits per heavy atom. The molecular weight excluding hydrogens is 264 g/mol. The van der Waals surface area contributed by atoms with E-state index in [-0.39, 0.29) is 0 Å². The average Bonchev–Trinajstić information content (AvgIpc) is 2.38. The van der Waals surface area contributed by atoms with Crippen LogP contribution >= 0.6 is 24.0 Å². The summed E-state index contributed by atoms with van der Waals surface area (Å²) in [6.45, 7) is 4.51. The standard InChI is InChI=1S/C13H26N2OS2/c1-3-16-9-5-8-14-13(17)15-11-6-4-7-12(10-11)18-2/h11-12H,3-10H2,1-2H3,(H2,14,15,17). The first-order valence-corrected chi connectivity index (χ1v) is 8.60. The van der Waals surface area contributed by atoms with E-state index in [1.807, 2.05) is 18.7 Å². The highest BCUT2D eigenvalue weighted by Gasteiger charge is 2.21. The Hall–Kier alpha value is 0. The summed E-state index contributed by atoms with van der Waals surface area (Å²) in [7, 11) is 0. The maximum Gasteiger partial charge on any atom is 0.166 e. The van der Waals surface area contributed by atoms with E-state index in [9.17, 15) is 0 Å². The molecule has 2 unspecified atom stereocenters. The molecule has 0 spiro atoms. The van der Waals surface area contributed by atoms with Gasteiger partial charge in [-0.3, -0.25) is 0 Å². The van der Waals surface area contributed by atoms with Crippen molar-refractivity contribution in [3.8, 4) is 0 Å². The Morgan fingerprint density at radius 1 is 1.44 bits per heavy atom. The van der Waals surface area contributed by atoms with Gasteiger partial charge in [-0.2, -0.15) is 11.8 Å². The van der Waals surface area contributed by atoms with E-state index < -0.39 is 0 Å². The van der Waals surface area contributed by atoms with Crippen LogP contribution in [-0.2, 0) is 4.74 Å². The monoisotopic (exact) mass is 290 g/mol. The van der Waals surface area contributed by atoms with E-state index in [0.29, 0.717) is 6.04 Å². The molecule has 0 bridgehead atoms. The van der Waals surface area contributed by atoms with Crippen molar-refractivity contribution in [2.75, 3.05) is 26.0 Å². The number of thiocarbonyl (C=S) groups is 1. The largest absolute Gasteiger partial charge is 0.382 e. The van der Waals surface area contributed by atoms with E-state index in [1.165, 1.54) is 25.7 Å². The molecule has 0 aromatic rings. The van der Waals surface area contributed by atoms with E-state index in [2.05, 4.69) is 16.9 Å². The third-order valence-electron chi connectivity index (χ3n) is 3.25. The summed E-state index contributed by atoms with van der Waals surface area (Å²) in [5.41, 5.74) is 0. The van der Waals surface area contributed by atoms with Crippen LogP contribution < -0.4 is 10.6 Å². The number of thioether (sulfide) groups is 1. The van der Waals surface area contributed by atoms with Crippen LogP contribution in [0.15, 0.2) is 0 Å². The summed E-state index contributed by atoms with van der Waals surface area (Å²) >= 11 is 7.30. The summed E-state index contributed by atoms with van der Waals surface area (Å²) in [5.74, 6) is 0. The van der Waals surface area contributed by atoms with Crippen LogP contribution in [0.5, 0.6) is 0 Å². The molecule has 1 rings (SSSR count). The van der Waals surface area contributed by atoms with E-state index in [0.717, 1.165) is 36.5 Å². The van der Waals surface area contributed by atoms with Gasteiger partial charge in [-0.15, -0.1) is 0 Å². The minimum Gasteiger partial charge on any atom is -0.382 e. The number of rotatable bonds is 7. The molecule has 1 aliphatic rings. The normalized spacial score (nSPS) is 23.7. The molecule has 0 heterocycles. The fraction of sp³-hybridized carbons (Fsp3) is 0.923. The molecule has 2 N–H and O–H groups in total. The molecule has 0 saturated heterocycles. The van der Waals surface area contributed by atoms with Crippen molar-refractivity contribution in [3.63, 3.8) is 0 Å². The molecule has 0 amide bonds. The van der Waals surface area contributed by atoms with Crippen molar-refractivity contribution < 1.29 is 4.74 Å². The number of hydrogen-bond donors (Lipinski definition) is 2. The maximum absolute atomic E-state index is 5.32. The Balaban J connectivity index is 2.08. The van der Waals surface area contributed by atoms with Gasteiger partial charge < -0.3 is 15.4 Å². The zero-order chi connectivity index (χ0) is 13.2. The lowest BCUT2D eigenvalue weighted by atomic mass is 9.95. The number of nitrogens with one attached hydrogen (secondary N) is 2. The van der Waals surface area contributed by atoms with Gasteiger partial charge in [0.05, 0.1) is 0 Å². The summed E-state index contributed by atoms with van der Waals surface area (Å²) in [4.78, 5) is 0. The Kier molecular flexibility index (Phi) is 8.80. The fourth-order valence-electron chi connectivity index (χ4n) is 2.25. The van der Waals surface area contributed by atoms with Crippen LogP contribution in [0.25, 0.3) is 0 Å². The highest BCUT2D eigenvalue weighted by molar-refractivity contribution is 7.99. The Bertz CT molecular complexity index is 239. The summed E-state index contributed by atoms with van der Waals surface area (Å²) in [6, 6.07) is 0.558. The molecule has 1 saturated carbocycles. The highest BCUT2D eigenvalue weighted by Crippen LogP contribution is 2.26. The van der Waals surface area contributed by atoms with Gasteiger partial charge in [-0.25, -0.2) is 0 Å². The summed E-state index contributed by atoms with van der Waals surface area (Å²) < 4.78 is 5.29. The zero-order valence-corrected chi connectivity index (χ0v) is 13.2. The molecule has 1 fully saturated rings. The van der Waals surface area contributed by atoms with Crippen LogP contribution in [0, 0.1) is 0 Å². The molecule has 106 valence electrons. The Morgan fingerprint density at radius 2 is 2.28 bits per heavy atom. The SMILES string of the molecule is CCOCCCNC(=S)NC1CCCC(SC)C1. The van der Waals surface area contributed by atoms with Crippen molar-refractivity contribution in [2.45, 2.75) is 50.3 Å². The van der Waals surface area contributed by atoms with Crippen LogP contribution in [0.2, 0.25) is 0 Å². The van der Waals surface area contributed by atoms with Gasteiger partial charge in [0.1, 0.15) is 0 Å². The molecule has 0 radical (unpaired) electrons. The topological polar surface area (TPSA) is 33.3 Å². The van der Waals surface area contributed by atoms with Crippen LogP contribution in [-0.4, -0.2) is 42.4 Å². The van der Waals surface area contributed by atoms with Gasteiger partial charge in [0.2, 0.25) is 0 Å². The second kappa shape index (κ2) is 9.87. The fourth-order valence-corrected chi connectivity index (χ4v) is 3.34. The number of hydrogen-bond acceptors (Lipinski definition) is 3. The first-order chi connectivity index (χ1) is 8.76. The molecule has 1 aliphatic carbocycles. The minimum atomic E-state index is 0.558. The van der Waals surface area contributed by atoms with Crippen molar-refractivity contribution in [1.82, 2.24) is 10.6 Å². The Labute approximate surface area is 121 Å². The van der Waals surface area contributed by atoms with Crippen LogP contribution in [0.1, 0.15) is 39.0 Å². The lowest BCUT2D eigenvalue weighted by Crippen LogP contribution is -2.44. The first kappa shape index (κ1) is 16.1. The molecular formula is C13H26N2OS2. The molecule has 3 nitrogen and oxygen atoms in total. The second-order valence-corrected chi connectivity index (χ2v) is 6.22. The molecule has 0 aliphatic heterocycles. The lowest BCUT2D eigenvalue weighted by Gasteiger charge is -2.29. The van der Waals surface area contributed by atoms with Crippen LogP contribution in [0.3, 0.4) is 0 Å². The zero-order valence-electron chi connectivity index (χ0n) is 11.5. The molecule has 18 heavy (non-hydrogen) atoms. The smallest absolute Gasteiger partial charge is 0.166 e. The van der Waals surface area contributed by atoms with Gasteiger partial charge in [0, 0.05) is 31.1 Å². The average molecular weight is 290 g/mol. The second-order valence-electron chi connectivity index (χ2n) is 4.67. The van der Waals surface area contributed by atoms with Gasteiger partial charge >= 0.3 is 0 Å². The van der Waals surface area contributed by atoms with Gasteiger partial charge in [-0.05, 0) is 51.1 Å². The van der Waals surface area contributed by atoms with Gasteiger partial charge in [-0.1, -0.05) is 6.42 Å². The summed E-state index contributed by atoms with van der Waals surface area (Å²) in [6.07, 6.45) is 8.37.